The Labute approximate surface area is 345 Å². The molecule has 0 N–H and O–H groups in total. The van der Waals surface area contributed by atoms with Gasteiger partial charge in [-0.15, -0.1) is 0 Å². The molecule has 0 saturated heterocycles. The fourth-order valence-corrected chi connectivity index (χ4v) is 9.70. The maximum atomic E-state index is 2.46. The highest BCUT2D eigenvalue weighted by Crippen LogP contribution is 2.54. The van der Waals surface area contributed by atoms with E-state index in [1.807, 2.05) is 0 Å². The number of rotatable bonds is 7. The summed E-state index contributed by atoms with van der Waals surface area (Å²) in [4.78, 5) is 2.46. The van der Waals surface area contributed by atoms with E-state index in [1.54, 1.807) is 0 Å². The van der Waals surface area contributed by atoms with Gasteiger partial charge in [0.2, 0.25) is 0 Å². The molecule has 280 valence electrons. The van der Waals surface area contributed by atoms with E-state index >= 15 is 0 Å². The largest absolute Gasteiger partial charge is 0.309 e. The van der Waals surface area contributed by atoms with Crippen LogP contribution in [-0.2, 0) is 5.41 Å². The smallest absolute Gasteiger partial charge is 0.0541 e. The standard InChI is InChI=1S/C57H42N2/c1-57(2)49-28-12-6-26-48(49)56-47(27-18-29-50(56)57)46-25-11-15-32-53(46)58(51-30-13-7-21-42(51)39-19-4-3-5-20-39)41-37-35-40(36-38-41)43-22-8-14-31-52(43)59-54-33-16-9-23-44(54)45-24-10-17-34-55(45)59/h3-38H,1-2H3. The van der Waals surface area contributed by atoms with Crippen molar-refractivity contribution in [3.8, 4) is 50.2 Å². The van der Waals surface area contributed by atoms with Gasteiger partial charge in [-0.05, 0) is 81.4 Å². The minimum atomic E-state index is -0.0954. The second-order valence-electron chi connectivity index (χ2n) is 16.1. The Morgan fingerprint density at radius 1 is 0.356 bits per heavy atom. The lowest BCUT2D eigenvalue weighted by molar-refractivity contribution is 0.660. The normalized spacial score (nSPS) is 12.7. The summed E-state index contributed by atoms with van der Waals surface area (Å²) in [5, 5.41) is 2.52. The first kappa shape index (κ1) is 34.8. The third-order valence-corrected chi connectivity index (χ3v) is 12.4. The number of aromatic nitrogens is 1. The number of fused-ring (bicyclic) bond motifs is 6. The Kier molecular flexibility index (Phi) is 8.20. The number of nitrogens with zero attached hydrogens (tertiary/aromatic N) is 2. The van der Waals surface area contributed by atoms with E-state index in [4.69, 9.17) is 0 Å². The van der Waals surface area contributed by atoms with Crippen LogP contribution in [0.4, 0.5) is 17.1 Å². The summed E-state index contributed by atoms with van der Waals surface area (Å²) in [5.41, 5.74) is 19.4. The van der Waals surface area contributed by atoms with Crippen LogP contribution in [0.3, 0.4) is 0 Å². The molecule has 1 aliphatic carbocycles. The quantitative estimate of drug-likeness (QED) is 0.157. The van der Waals surface area contributed by atoms with Crippen LogP contribution in [0.2, 0.25) is 0 Å². The first-order valence-corrected chi connectivity index (χ1v) is 20.5. The molecule has 0 bridgehead atoms. The van der Waals surface area contributed by atoms with E-state index in [0.29, 0.717) is 0 Å². The van der Waals surface area contributed by atoms with Crippen molar-refractivity contribution in [3.63, 3.8) is 0 Å². The second kappa shape index (κ2) is 13.9. The number of anilines is 3. The molecular formula is C57H42N2. The van der Waals surface area contributed by atoms with E-state index in [2.05, 4.69) is 242 Å². The first-order valence-electron chi connectivity index (χ1n) is 20.5. The zero-order valence-electron chi connectivity index (χ0n) is 33.2. The third kappa shape index (κ3) is 5.56. The zero-order chi connectivity index (χ0) is 39.5. The third-order valence-electron chi connectivity index (χ3n) is 12.4. The molecule has 1 aromatic heterocycles. The fourth-order valence-electron chi connectivity index (χ4n) is 9.70. The summed E-state index contributed by atoms with van der Waals surface area (Å²) in [5.74, 6) is 0. The van der Waals surface area contributed by atoms with Crippen LogP contribution < -0.4 is 4.90 Å². The van der Waals surface area contributed by atoms with Crippen molar-refractivity contribution in [1.82, 2.24) is 4.57 Å². The molecule has 11 rings (SSSR count). The first-order chi connectivity index (χ1) is 29.1. The van der Waals surface area contributed by atoms with Gasteiger partial charge in [-0.25, -0.2) is 0 Å². The second-order valence-corrected chi connectivity index (χ2v) is 16.1. The van der Waals surface area contributed by atoms with E-state index in [9.17, 15) is 0 Å². The van der Waals surface area contributed by atoms with Gasteiger partial charge >= 0.3 is 0 Å². The highest BCUT2D eigenvalue weighted by atomic mass is 15.1. The molecule has 0 unspecified atom stereocenters. The highest BCUT2D eigenvalue weighted by Gasteiger charge is 2.37. The van der Waals surface area contributed by atoms with Crippen molar-refractivity contribution in [2.24, 2.45) is 0 Å². The van der Waals surface area contributed by atoms with Crippen molar-refractivity contribution in [2.45, 2.75) is 19.3 Å². The lowest BCUT2D eigenvalue weighted by Crippen LogP contribution is -2.15. The van der Waals surface area contributed by atoms with Gasteiger partial charge < -0.3 is 9.47 Å². The lowest BCUT2D eigenvalue weighted by Gasteiger charge is -2.30. The maximum Gasteiger partial charge on any atom is 0.0541 e. The SMILES string of the molecule is CC1(C)c2ccccc2-c2c(-c3ccccc3N(c3ccc(-c4ccccc4-n4c5ccccc5c5ccccc54)cc3)c3ccccc3-c3ccccc3)cccc21. The topological polar surface area (TPSA) is 8.17 Å². The molecular weight excluding hydrogens is 713 g/mol. The van der Waals surface area contributed by atoms with Crippen LogP contribution in [0.5, 0.6) is 0 Å². The highest BCUT2D eigenvalue weighted by molar-refractivity contribution is 6.10. The fraction of sp³-hybridized carbons (Fsp3) is 0.0526. The molecule has 2 heteroatoms. The van der Waals surface area contributed by atoms with Crippen LogP contribution in [0, 0.1) is 0 Å². The van der Waals surface area contributed by atoms with Gasteiger partial charge in [-0.2, -0.15) is 0 Å². The molecule has 0 radical (unpaired) electrons. The van der Waals surface area contributed by atoms with Crippen LogP contribution in [0.1, 0.15) is 25.0 Å². The Morgan fingerprint density at radius 3 is 1.56 bits per heavy atom. The Balaban J connectivity index is 1.11. The summed E-state index contributed by atoms with van der Waals surface area (Å²) in [7, 11) is 0. The molecule has 0 atom stereocenters. The molecule has 0 saturated carbocycles. The predicted octanol–water partition coefficient (Wildman–Crippen LogP) is 15.6. The van der Waals surface area contributed by atoms with Crippen LogP contribution >= 0.6 is 0 Å². The maximum absolute atomic E-state index is 2.46. The number of hydrogen-bond donors (Lipinski definition) is 0. The molecule has 0 spiro atoms. The van der Waals surface area contributed by atoms with Crippen LogP contribution in [-0.4, -0.2) is 4.57 Å². The van der Waals surface area contributed by atoms with Crippen molar-refractivity contribution in [2.75, 3.05) is 4.90 Å². The Morgan fingerprint density at radius 2 is 0.847 bits per heavy atom. The summed E-state index contributed by atoms with van der Waals surface area (Å²) in [6.45, 7) is 4.72. The molecule has 9 aromatic carbocycles. The molecule has 0 fully saturated rings. The number of benzene rings is 9. The summed E-state index contributed by atoms with van der Waals surface area (Å²) in [6, 6.07) is 79.8. The zero-order valence-corrected chi connectivity index (χ0v) is 33.2. The predicted molar refractivity (Wildman–Crippen MR) is 249 cm³/mol. The van der Waals surface area contributed by atoms with Gasteiger partial charge in [0.05, 0.1) is 28.1 Å². The molecule has 59 heavy (non-hydrogen) atoms. The minimum Gasteiger partial charge on any atom is -0.309 e. The molecule has 2 nitrogen and oxygen atoms in total. The lowest BCUT2D eigenvalue weighted by atomic mass is 9.82. The van der Waals surface area contributed by atoms with Gasteiger partial charge in [0.25, 0.3) is 0 Å². The van der Waals surface area contributed by atoms with Gasteiger partial charge in [0, 0.05) is 38.6 Å². The number of para-hydroxylation sites is 5. The van der Waals surface area contributed by atoms with Gasteiger partial charge in [0.1, 0.15) is 0 Å². The summed E-state index contributed by atoms with van der Waals surface area (Å²) >= 11 is 0. The average Bonchev–Trinajstić information content (AvgIpc) is 3.76. The summed E-state index contributed by atoms with van der Waals surface area (Å²) < 4.78 is 2.42. The molecule has 1 heterocycles. The van der Waals surface area contributed by atoms with Crippen LogP contribution in [0.15, 0.2) is 218 Å². The monoisotopic (exact) mass is 754 g/mol. The van der Waals surface area contributed by atoms with Gasteiger partial charge in [-0.1, -0.05) is 190 Å². The summed E-state index contributed by atoms with van der Waals surface area (Å²) in [6.07, 6.45) is 0. The molecule has 0 amide bonds. The van der Waals surface area contributed by atoms with Crippen molar-refractivity contribution >= 4 is 38.9 Å². The average molecular weight is 755 g/mol. The van der Waals surface area contributed by atoms with Crippen molar-refractivity contribution in [1.29, 1.82) is 0 Å². The van der Waals surface area contributed by atoms with Crippen LogP contribution in [0.25, 0.3) is 72.0 Å². The van der Waals surface area contributed by atoms with E-state index in [1.165, 1.54) is 71.9 Å². The minimum absolute atomic E-state index is 0.0954. The van der Waals surface area contributed by atoms with E-state index in [-0.39, 0.29) is 5.41 Å². The Bertz CT molecular complexity index is 3130. The van der Waals surface area contributed by atoms with Gasteiger partial charge in [0.15, 0.2) is 0 Å². The molecule has 10 aromatic rings. The van der Waals surface area contributed by atoms with Crippen molar-refractivity contribution in [3.05, 3.63) is 230 Å². The number of hydrogen-bond acceptors (Lipinski definition) is 1. The van der Waals surface area contributed by atoms with E-state index < -0.39 is 0 Å². The molecule has 1 aliphatic rings. The van der Waals surface area contributed by atoms with Crippen molar-refractivity contribution < 1.29 is 0 Å². The van der Waals surface area contributed by atoms with E-state index in [0.717, 1.165) is 28.3 Å². The Hall–Kier alpha value is -7.42. The van der Waals surface area contributed by atoms with Gasteiger partial charge in [-0.3, -0.25) is 0 Å². The molecule has 0 aliphatic heterocycles.